The molecule has 5 heteroatoms. The standard InChI is InChI=1S/C80H58BN3O/c1-80(2,3)63-51-74-76-75(52-63)85-79-67(73-44-26-42-71(83-73)59-39-23-10-24-40-59)48-62(55-31-15-6-16-32-55)50-69(79)81(76)68-49-61(54-29-13-5-14-30-54)47-66(72-43-25-41-70(82-72)58-37-21-9-22-38-58)78(68)84(74)77-64(56-33-17-7-18-34-56)45-60(53-27-11-4-12-28-53)46-65(77)57-35-19-8-20-36-57/h4-52H,1-3H3. The van der Waals surface area contributed by atoms with E-state index in [1.165, 1.54) is 0 Å². The number of nitrogens with zero attached hydrogens (tertiary/aromatic N) is 3. The molecule has 11 aromatic carbocycles. The van der Waals surface area contributed by atoms with Gasteiger partial charge >= 0.3 is 0 Å². The van der Waals surface area contributed by atoms with Crippen molar-refractivity contribution in [3.05, 3.63) is 303 Å². The van der Waals surface area contributed by atoms with Crippen molar-refractivity contribution in [2.45, 2.75) is 26.2 Å². The number of rotatable bonds is 10. The van der Waals surface area contributed by atoms with E-state index in [1.807, 2.05) is 0 Å². The Balaban J connectivity index is 1.12. The number of fused-ring (bicyclic) bond motifs is 4. The maximum Gasteiger partial charge on any atom is 0.256 e. The molecule has 85 heavy (non-hydrogen) atoms. The maximum atomic E-state index is 7.80. The van der Waals surface area contributed by atoms with E-state index in [0.717, 1.165) is 151 Å². The zero-order chi connectivity index (χ0) is 57.0. The summed E-state index contributed by atoms with van der Waals surface area (Å²) in [6, 6.07) is 107. The SMILES string of the molecule is CC(C)(C)c1cc2c3c(c1)N(c1c(-c4ccccc4)cc(-c4ccccc4)cc1-c1ccccc1)c1c(cc(-c4ccccc4)cc1-c1cccc(-c4ccccc4)n1)B3c1cc(-c3ccccc3)cc(-c3cccc(-c4ccccc4)n3)c1O2. The predicted molar refractivity (Wildman–Crippen MR) is 356 cm³/mol. The molecule has 15 rings (SSSR count). The Labute approximate surface area is 498 Å². The third-order valence-corrected chi connectivity index (χ3v) is 16.8. The van der Waals surface area contributed by atoms with Crippen molar-refractivity contribution in [3.8, 4) is 112 Å². The minimum absolute atomic E-state index is 0.296. The lowest BCUT2D eigenvalue weighted by Crippen LogP contribution is -2.60. The van der Waals surface area contributed by atoms with Crippen LogP contribution in [0.15, 0.2) is 297 Å². The Morgan fingerprint density at radius 2 is 0.694 bits per heavy atom. The van der Waals surface area contributed by atoms with E-state index in [9.17, 15) is 0 Å². The highest BCUT2D eigenvalue weighted by molar-refractivity contribution is 6.99. The molecular formula is C80H58BN3O. The quantitative estimate of drug-likeness (QED) is 0.128. The van der Waals surface area contributed by atoms with Crippen molar-refractivity contribution < 1.29 is 4.74 Å². The van der Waals surface area contributed by atoms with Gasteiger partial charge in [-0.05, 0) is 133 Å². The highest BCUT2D eigenvalue weighted by atomic mass is 16.5. The molecule has 0 N–H and O–H groups in total. The fraction of sp³-hybridized carbons (Fsp3) is 0.0500. The second-order valence-electron chi connectivity index (χ2n) is 23.2. The van der Waals surface area contributed by atoms with Crippen LogP contribution in [0.3, 0.4) is 0 Å². The first-order valence-electron chi connectivity index (χ1n) is 29.3. The zero-order valence-corrected chi connectivity index (χ0v) is 47.6. The highest BCUT2D eigenvalue weighted by Crippen LogP contribution is 2.54. The Bertz CT molecular complexity index is 4570. The molecule has 0 aliphatic carbocycles. The van der Waals surface area contributed by atoms with Crippen LogP contribution in [-0.2, 0) is 5.41 Å². The molecule has 0 atom stereocenters. The van der Waals surface area contributed by atoms with Gasteiger partial charge in [0.1, 0.15) is 11.5 Å². The van der Waals surface area contributed by atoms with Gasteiger partial charge in [-0.25, -0.2) is 9.97 Å². The summed E-state index contributed by atoms with van der Waals surface area (Å²) in [5, 5.41) is 0. The molecule has 2 aliphatic rings. The second-order valence-corrected chi connectivity index (χ2v) is 23.2. The Kier molecular flexibility index (Phi) is 12.8. The number of benzene rings is 11. The molecule has 4 nitrogen and oxygen atoms in total. The summed E-state index contributed by atoms with van der Waals surface area (Å²) in [6.07, 6.45) is 0. The summed E-state index contributed by atoms with van der Waals surface area (Å²) < 4.78 is 7.80. The van der Waals surface area contributed by atoms with Gasteiger partial charge in [0.15, 0.2) is 0 Å². The van der Waals surface area contributed by atoms with Gasteiger partial charge < -0.3 is 9.64 Å². The number of pyridine rings is 2. The molecule has 4 heterocycles. The van der Waals surface area contributed by atoms with Crippen molar-refractivity contribution in [2.75, 3.05) is 4.90 Å². The van der Waals surface area contributed by atoms with Crippen molar-refractivity contribution in [2.24, 2.45) is 0 Å². The molecule has 0 fully saturated rings. The lowest BCUT2D eigenvalue weighted by molar-refractivity contribution is 0.485. The van der Waals surface area contributed by atoms with Gasteiger partial charge in [0.05, 0.1) is 34.2 Å². The summed E-state index contributed by atoms with van der Waals surface area (Å²) >= 11 is 0. The van der Waals surface area contributed by atoms with E-state index >= 15 is 0 Å². The second kappa shape index (κ2) is 21.3. The number of aromatic nitrogens is 2. The average Bonchev–Trinajstić information content (AvgIpc) is 1.28. The smallest absolute Gasteiger partial charge is 0.256 e. The van der Waals surface area contributed by atoms with Crippen LogP contribution >= 0.6 is 0 Å². The first kappa shape index (κ1) is 51.3. The van der Waals surface area contributed by atoms with Crippen LogP contribution in [0.2, 0.25) is 0 Å². The normalized spacial score (nSPS) is 12.2. The zero-order valence-electron chi connectivity index (χ0n) is 47.6. The van der Waals surface area contributed by atoms with Crippen LogP contribution in [0.1, 0.15) is 26.3 Å². The van der Waals surface area contributed by atoms with Gasteiger partial charge in [-0.2, -0.15) is 0 Å². The van der Waals surface area contributed by atoms with Gasteiger partial charge in [0.2, 0.25) is 0 Å². The van der Waals surface area contributed by atoms with Crippen molar-refractivity contribution in [3.63, 3.8) is 0 Å². The summed E-state index contributed by atoms with van der Waals surface area (Å²) in [5.41, 5.74) is 25.9. The molecular weight excluding hydrogens is 1030 g/mol. The van der Waals surface area contributed by atoms with Gasteiger partial charge in [0, 0.05) is 39.1 Å². The molecule has 0 saturated heterocycles. The molecule has 0 bridgehead atoms. The largest absolute Gasteiger partial charge is 0.458 e. The summed E-state index contributed by atoms with van der Waals surface area (Å²) in [6.45, 7) is 6.59. The Morgan fingerprint density at radius 1 is 0.318 bits per heavy atom. The average molecular weight is 1090 g/mol. The van der Waals surface area contributed by atoms with Crippen LogP contribution in [-0.4, -0.2) is 16.7 Å². The monoisotopic (exact) mass is 1090 g/mol. The first-order chi connectivity index (χ1) is 41.8. The fourth-order valence-corrected chi connectivity index (χ4v) is 12.7. The predicted octanol–water partition coefficient (Wildman–Crippen LogP) is 19.2. The molecule has 13 aromatic rings. The third kappa shape index (κ3) is 9.41. The Morgan fingerprint density at radius 3 is 1.15 bits per heavy atom. The summed E-state index contributed by atoms with van der Waals surface area (Å²) in [5.74, 6) is 1.62. The lowest BCUT2D eigenvalue weighted by atomic mass is 9.33. The first-order valence-corrected chi connectivity index (χ1v) is 29.3. The molecule has 2 aromatic heterocycles. The van der Waals surface area contributed by atoms with Crippen LogP contribution in [0, 0.1) is 0 Å². The number of hydrogen-bond acceptors (Lipinski definition) is 4. The van der Waals surface area contributed by atoms with Gasteiger partial charge in [0.25, 0.3) is 6.71 Å². The van der Waals surface area contributed by atoms with E-state index in [4.69, 9.17) is 14.7 Å². The van der Waals surface area contributed by atoms with Gasteiger partial charge in [-0.15, -0.1) is 0 Å². The third-order valence-electron chi connectivity index (χ3n) is 16.8. The van der Waals surface area contributed by atoms with Crippen LogP contribution < -0.4 is 26.0 Å². The number of anilines is 3. The van der Waals surface area contributed by atoms with Gasteiger partial charge in [-0.1, -0.05) is 257 Å². The van der Waals surface area contributed by atoms with Crippen LogP contribution in [0.25, 0.3) is 101 Å². The van der Waals surface area contributed by atoms with E-state index in [0.29, 0.717) is 0 Å². The van der Waals surface area contributed by atoms with E-state index in [-0.39, 0.29) is 12.1 Å². The highest BCUT2D eigenvalue weighted by Gasteiger charge is 2.46. The van der Waals surface area contributed by atoms with Crippen molar-refractivity contribution >= 4 is 40.2 Å². The van der Waals surface area contributed by atoms with Crippen LogP contribution in [0.4, 0.5) is 17.1 Å². The van der Waals surface area contributed by atoms with Gasteiger partial charge in [-0.3, -0.25) is 0 Å². The summed E-state index contributed by atoms with van der Waals surface area (Å²) in [4.78, 5) is 13.8. The summed E-state index contributed by atoms with van der Waals surface area (Å²) in [7, 11) is 0. The molecule has 2 aliphatic heterocycles. The molecule has 0 radical (unpaired) electrons. The number of hydrogen-bond donors (Lipinski definition) is 0. The van der Waals surface area contributed by atoms with Crippen molar-refractivity contribution in [1.82, 2.24) is 9.97 Å². The van der Waals surface area contributed by atoms with E-state index in [2.05, 4.69) is 323 Å². The van der Waals surface area contributed by atoms with E-state index < -0.39 is 0 Å². The Hall–Kier alpha value is -10.6. The van der Waals surface area contributed by atoms with Crippen LogP contribution in [0.5, 0.6) is 11.5 Å². The van der Waals surface area contributed by atoms with E-state index in [1.54, 1.807) is 0 Å². The number of ether oxygens (including phenoxy) is 1. The maximum absolute atomic E-state index is 7.80. The molecule has 0 amide bonds. The lowest BCUT2D eigenvalue weighted by Gasteiger charge is -2.44. The molecule has 0 spiro atoms. The topological polar surface area (TPSA) is 38.2 Å². The fourth-order valence-electron chi connectivity index (χ4n) is 12.7. The minimum Gasteiger partial charge on any atom is -0.458 e. The minimum atomic E-state index is -0.336. The molecule has 402 valence electrons. The molecule has 0 unspecified atom stereocenters. The van der Waals surface area contributed by atoms with Crippen molar-refractivity contribution in [1.29, 1.82) is 0 Å². The molecule has 0 saturated carbocycles.